The summed E-state index contributed by atoms with van der Waals surface area (Å²) >= 11 is 0. The highest BCUT2D eigenvalue weighted by Crippen LogP contribution is 1.91. The molecule has 13 heavy (non-hydrogen) atoms. The third-order valence-electron chi connectivity index (χ3n) is 1.40. The molecule has 0 spiro atoms. The zero-order valence-electron chi connectivity index (χ0n) is 8.04. The van der Waals surface area contributed by atoms with E-state index in [2.05, 4.69) is 0 Å². The van der Waals surface area contributed by atoms with E-state index in [4.69, 9.17) is 16.7 Å². The van der Waals surface area contributed by atoms with Crippen LogP contribution >= 0.6 is 0 Å². The summed E-state index contributed by atoms with van der Waals surface area (Å²) < 4.78 is 0. The Kier molecular flexibility index (Phi) is 5.47. The normalized spacial score (nSPS) is 11.0. The highest BCUT2D eigenvalue weighted by atomic mass is 15.4. The first-order valence-electron chi connectivity index (χ1n) is 4.02. The number of hydrogen-bond donors (Lipinski definition) is 3. The second-order valence-electron chi connectivity index (χ2n) is 2.60. The Morgan fingerprint density at radius 2 is 2.00 bits per heavy atom. The zero-order valence-corrected chi connectivity index (χ0v) is 8.04. The fraction of sp³-hybridized carbons (Fsp3) is 0.333. The van der Waals surface area contributed by atoms with E-state index in [1.54, 1.807) is 7.05 Å². The number of rotatable bonds is 4. The van der Waals surface area contributed by atoms with Crippen molar-refractivity contribution >= 4 is 11.5 Å². The van der Waals surface area contributed by atoms with Crippen LogP contribution in [0.1, 0.15) is 13.3 Å². The van der Waals surface area contributed by atoms with Crippen LogP contribution in [0.2, 0.25) is 0 Å². The fourth-order valence-electron chi connectivity index (χ4n) is 0.685. The molecule has 0 radical (unpaired) electrons. The van der Waals surface area contributed by atoms with Gasteiger partial charge in [-0.05, 0) is 6.92 Å². The van der Waals surface area contributed by atoms with Gasteiger partial charge in [-0.3, -0.25) is 10.4 Å². The quantitative estimate of drug-likeness (QED) is 0.200. The number of nitrogens with two attached hydrogens (primary N) is 1. The highest BCUT2D eigenvalue weighted by molar-refractivity contribution is 6.38. The summed E-state index contributed by atoms with van der Waals surface area (Å²) in [5.74, 6) is 5.34. The molecule has 0 aliphatic carbocycles. The van der Waals surface area contributed by atoms with Gasteiger partial charge in [-0.1, -0.05) is 24.3 Å². The van der Waals surface area contributed by atoms with E-state index in [9.17, 15) is 0 Å². The molecule has 0 atom stereocenters. The number of nitrogens with zero attached hydrogens (tertiary/aromatic N) is 1. The first-order chi connectivity index (χ1) is 6.09. The van der Waals surface area contributed by atoms with Gasteiger partial charge >= 0.3 is 0 Å². The predicted molar refractivity (Wildman–Crippen MR) is 56.0 cm³/mol. The summed E-state index contributed by atoms with van der Waals surface area (Å²) in [5.41, 5.74) is 0.214. The van der Waals surface area contributed by atoms with Gasteiger partial charge < -0.3 is 5.41 Å². The van der Waals surface area contributed by atoms with Crippen molar-refractivity contribution < 1.29 is 0 Å². The van der Waals surface area contributed by atoms with E-state index in [0.717, 1.165) is 5.01 Å². The van der Waals surface area contributed by atoms with Crippen LogP contribution in [-0.4, -0.2) is 23.6 Å². The van der Waals surface area contributed by atoms with Crippen molar-refractivity contribution in [2.45, 2.75) is 13.3 Å². The lowest BCUT2D eigenvalue weighted by Crippen LogP contribution is -2.37. The second-order valence-corrected chi connectivity index (χ2v) is 2.60. The predicted octanol–water partition coefficient (Wildman–Crippen LogP) is 1.31. The average molecular weight is 180 g/mol. The van der Waals surface area contributed by atoms with Crippen LogP contribution < -0.4 is 5.84 Å². The second kappa shape index (κ2) is 6.14. The van der Waals surface area contributed by atoms with Crippen molar-refractivity contribution in [2.24, 2.45) is 5.84 Å². The molecule has 0 rings (SSSR count). The zero-order chi connectivity index (χ0) is 10.3. The van der Waals surface area contributed by atoms with Crippen LogP contribution in [-0.2, 0) is 0 Å². The Balaban J connectivity index is 3.95. The van der Waals surface area contributed by atoms with E-state index in [-0.39, 0.29) is 11.5 Å². The Hall–Kier alpha value is -1.42. The van der Waals surface area contributed by atoms with Crippen LogP contribution in [0.5, 0.6) is 0 Å². The molecule has 72 valence electrons. The topological polar surface area (TPSA) is 77.0 Å². The molecule has 0 aliphatic heterocycles. The van der Waals surface area contributed by atoms with Crippen molar-refractivity contribution in [1.29, 1.82) is 10.8 Å². The third-order valence-corrected chi connectivity index (χ3v) is 1.40. The first-order valence-corrected chi connectivity index (χ1v) is 4.02. The van der Waals surface area contributed by atoms with E-state index in [0.29, 0.717) is 6.42 Å². The van der Waals surface area contributed by atoms with Gasteiger partial charge in [0.2, 0.25) is 0 Å². The molecule has 0 amide bonds. The van der Waals surface area contributed by atoms with E-state index < -0.39 is 0 Å². The molecule has 0 heterocycles. The molecule has 0 aromatic heterocycles. The molecular formula is C9H16N4. The van der Waals surface area contributed by atoms with E-state index in [1.165, 1.54) is 0 Å². The van der Waals surface area contributed by atoms with Crippen LogP contribution in [0.4, 0.5) is 0 Å². The summed E-state index contributed by atoms with van der Waals surface area (Å²) in [7, 11) is 1.55. The van der Waals surface area contributed by atoms with Crippen LogP contribution in [0, 0.1) is 10.8 Å². The smallest absolute Gasteiger partial charge is 0.156 e. The van der Waals surface area contributed by atoms with Gasteiger partial charge in [0, 0.05) is 13.5 Å². The van der Waals surface area contributed by atoms with Gasteiger partial charge in [-0.15, -0.1) is 0 Å². The lowest BCUT2D eigenvalue weighted by molar-refractivity contribution is 0.541. The monoisotopic (exact) mass is 180 g/mol. The maximum absolute atomic E-state index is 7.44. The minimum atomic E-state index is 0.0464. The van der Waals surface area contributed by atoms with Crippen molar-refractivity contribution in [2.75, 3.05) is 7.05 Å². The molecule has 0 fully saturated rings. The molecule has 0 aromatic carbocycles. The summed E-state index contributed by atoms with van der Waals surface area (Å²) in [5, 5.41) is 15.9. The first kappa shape index (κ1) is 11.6. The van der Waals surface area contributed by atoms with E-state index in [1.807, 2.05) is 31.2 Å². The van der Waals surface area contributed by atoms with Crippen LogP contribution in [0.3, 0.4) is 0 Å². The number of amidine groups is 1. The van der Waals surface area contributed by atoms with E-state index >= 15 is 0 Å². The van der Waals surface area contributed by atoms with Gasteiger partial charge in [-0.25, -0.2) is 5.84 Å². The number of hydrazine groups is 1. The number of nitrogens with one attached hydrogen (secondary N) is 2. The number of hydrogen-bond acceptors (Lipinski definition) is 3. The lowest BCUT2D eigenvalue weighted by atomic mass is 10.2. The molecule has 4 heteroatoms. The summed E-state index contributed by atoms with van der Waals surface area (Å²) in [6, 6.07) is 0. The maximum atomic E-state index is 7.44. The molecule has 0 aliphatic rings. The molecule has 0 saturated heterocycles. The van der Waals surface area contributed by atoms with Gasteiger partial charge in [0.15, 0.2) is 5.84 Å². The average Bonchev–Trinajstić information content (AvgIpc) is 2.10. The van der Waals surface area contributed by atoms with Gasteiger partial charge in [0.1, 0.15) is 0 Å². The van der Waals surface area contributed by atoms with Gasteiger partial charge in [0.05, 0.1) is 5.71 Å². The molecular weight excluding hydrogens is 164 g/mol. The Morgan fingerprint density at radius 1 is 1.38 bits per heavy atom. The SMILES string of the molecule is C/C=C\C=C/CC(=N)C(=N)N(C)N. The van der Waals surface area contributed by atoms with Crippen molar-refractivity contribution in [3.63, 3.8) is 0 Å². The summed E-state index contributed by atoms with van der Waals surface area (Å²) in [6.07, 6.45) is 7.88. The third kappa shape index (κ3) is 4.92. The standard InChI is InChI=1S/C9H16N4/c1-3-4-5-6-7-8(10)9(11)13(2)12/h3-6,10-11H,7,12H2,1-2H3/b4-3-,6-5-,10-8?,11-9?. The van der Waals surface area contributed by atoms with Gasteiger partial charge in [-0.2, -0.15) is 0 Å². The fourth-order valence-corrected chi connectivity index (χ4v) is 0.685. The molecule has 0 saturated carbocycles. The lowest BCUT2D eigenvalue weighted by Gasteiger charge is -2.12. The minimum Gasteiger partial charge on any atom is -0.301 e. The van der Waals surface area contributed by atoms with Gasteiger partial charge in [0.25, 0.3) is 0 Å². The van der Waals surface area contributed by atoms with Crippen molar-refractivity contribution in [3.05, 3.63) is 24.3 Å². The van der Waals surface area contributed by atoms with Crippen molar-refractivity contribution in [3.8, 4) is 0 Å². The number of allylic oxidation sites excluding steroid dienone is 4. The molecule has 0 aromatic rings. The minimum absolute atomic E-state index is 0.0464. The highest BCUT2D eigenvalue weighted by Gasteiger charge is 2.04. The van der Waals surface area contributed by atoms with Crippen LogP contribution in [0.15, 0.2) is 24.3 Å². The Morgan fingerprint density at radius 3 is 2.46 bits per heavy atom. The Labute approximate surface area is 78.7 Å². The molecule has 0 unspecified atom stereocenters. The van der Waals surface area contributed by atoms with Crippen LogP contribution in [0.25, 0.3) is 0 Å². The largest absolute Gasteiger partial charge is 0.301 e. The molecule has 4 N–H and O–H groups in total. The molecule has 4 nitrogen and oxygen atoms in total. The van der Waals surface area contributed by atoms with Crippen molar-refractivity contribution in [1.82, 2.24) is 5.01 Å². The maximum Gasteiger partial charge on any atom is 0.156 e. The molecule has 0 bridgehead atoms. The summed E-state index contributed by atoms with van der Waals surface area (Å²) in [4.78, 5) is 0. The Bertz CT molecular complexity index is 238. The summed E-state index contributed by atoms with van der Waals surface area (Å²) in [6.45, 7) is 1.92.